The van der Waals surface area contributed by atoms with Crippen molar-refractivity contribution in [1.82, 2.24) is 19.4 Å². The van der Waals surface area contributed by atoms with Crippen LogP contribution in [-0.4, -0.2) is 77.5 Å². The number of carbonyl (C=O) groups is 1. The van der Waals surface area contributed by atoms with Gasteiger partial charge in [0.25, 0.3) is 0 Å². The van der Waals surface area contributed by atoms with Crippen LogP contribution >= 0.6 is 11.8 Å². The zero-order valence-corrected chi connectivity index (χ0v) is 17.6. The molecular weight excluding hydrogens is 372 g/mol. The minimum Gasteiger partial charge on any atom is -0.375 e. The molecule has 7 heteroatoms. The number of nitrogens with zero attached hydrogens (tertiary/aromatic N) is 4. The summed E-state index contributed by atoms with van der Waals surface area (Å²) >= 11 is 1.75. The van der Waals surface area contributed by atoms with Crippen LogP contribution < -0.4 is 0 Å². The number of ether oxygens (including phenoxy) is 1. The van der Waals surface area contributed by atoms with Gasteiger partial charge in [-0.2, -0.15) is 0 Å². The van der Waals surface area contributed by atoms with E-state index in [9.17, 15) is 4.79 Å². The van der Waals surface area contributed by atoms with E-state index in [1.807, 2.05) is 6.20 Å². The predicted molar refractivity (Wildman–Crippen MR) is 112 cm³/mol. The van der Waals surface area contributed by atoms with Gasteiger partial charge in [-0.1, -0.05) is 12.1 Å². The van der Waals surface area contributed by atoms with Crippen molar-refractivity contribution in [2.45, 2.75) is 35.9 Å². The molecule has 1 aromatic heterocycles. The SMILES string of the molecule is CSc1ccc(-c2nccn2[C@@H]2C[C@H]3CO[C@@H](CC(=O)N(C)C)CN3C2)cc1. The Morgan fingerprint density at radius 3 is 2.75 bits per heavy atom. The van der Waals surface area contributed by atoms with Crippen LogP contribution in [-0.2, 0) is 9.53 Å². The van der Waals surface area contributed by atoms with Crippen molar-refractivity contribution in [3.63, 3.8) is 0 Å². The molecule has 4 rings (SSSR count). The molecule has 2 saturated heterocycles. The van der Waals surface area contributed by atoms with Crippen molar-refractivity contribution in [3.05, 3.63) is 36.7 Å². The van der Waals surface area contributed by atoms with E-state index in [-0.39, 0.29) is 12.0 Å². The first-order chi connectivity index (χ1) is 13.5. The van der Waals surface area contributed by atoms with Gasteiger partial charge in [-0.05, 0) is 24.8 Å². The lowest BCUT2D eigenvalue weighted by Gasteiger charge is -2.35. The standard InChI is InChI=1S/C21H28N4O2S/c1-23(2)20(26)11-18-13-24-12-16(10-17(24)14-27-18)25-9-8-22-21(25)15-4-6-19(28-3)7-5-15/h4-9,16-18H,10-14H2,1-3H3/t16-,17+,18+/m1/s1. The summed E-state index contributed by atoms with van der Waals surface area (Å²) in [5.41, 5.74) is 1.15. The van der Waals surface area contributed by atoms with Crippen molar-refractivity contribution >= 4 is 17.7 Å². The summed E-state index contributed by atoms with van der Waals surface area (Å²) in [6.07, 6.45) is 7.58. The molecule has 2 aliphatic rings. The summed E-state index contributed by atoms with van der Waals surface area (Å²) in [6, 6.07) is 9.41. The largest absolute Gasteiger partial charge is 0.375 e. The smallest absolute Gasteiger partial charge is 0.224 e. The lowest BCUT2D eigenvalue weighted by atomic mass is 10.1. The summed E-state index contributed by atoms with van der Waals surface area (Å²) in [6.45, 7) is 2.51. The maximum Gasteiger partial charge on any atom is 0.224 e. The van der Waals surface area contributed by atoms with E-state index in [4.69, 9.17) is 4.74 Å². The Balaban J connectivity index is 1.45. The summed E-state index contributed by atoms with van der Waals surface area (Å²) in [5.74, 6) is 1.16. The van der Waals surface area contributed by atoms with Crippen LogP contribution in [0.1, 0.15) is 18.9 Å². The lowest BCUT2D eigenvalue weighted by Crippen LogP contribution is -2.47. The number of rotatable bonds is 5. The Labute approximate surface area is 170 Å². The number of morpholine rings is 1. The highest BCUT2D eigenvalue weighted by Gasteiger charge is 2.39. The second kappa shape index (κ2) is 8.27. The minimum atomic E-state index is -0.00811. The third kappa shape index (κ3) is 3.97. The molecule has 28 heavy (non-hydrogen) atoms. The van der Waals surface area contributed by atoms with Gasteiger partial charge in [0, 0.05) is 62.1 Å². The Morgan fingerprint density at radius 2 is 2.04 bits per heavy atom. The molecule has 0 unspecified atom stereocenters. The van der Waals surface area contributed by atoms with Crippen LogP contribution in [0.2, 0.25) is 0 Å². The van der Waals surface area contributed by atoms with E-state index in [1.54, 1.807) is 30.8 Å². The number of thioether (sulfide) groups is 1. The number of aromatic nitrogens is 2. The highest BCUT2D eigenvalue weighted by atomic mass is 32.2. The molecular formula is C21H28N4O2S. The van der Waals surface area contributed by atoms with Crippen LogP contribution in [0.15, 0.2) is 41.6 Å². The summed E-state index contributed by atoms with van der Waals surface area (Å²) in [7, 11) is 3.60. The van der Waals surface area contributed by atoms with Crippen LogP contribution in [0, 0.1) is 0 Å². The molecule has 0 N–H and O–H groups in total. The van der Waals surface area contributed by atoms with Gasteiger partial charge in [-0.3, -0.25) is 9.69 Å². The lowest BCUT2D eigenvalue weighted by molar-refractivity contribution is -0.134. The maximum atomic E-state index is 12.0. The van der Waals surface area contributed by atoms with Gasteiger partial charge >= 0.3 is 0 Å². The fourth-order valence-corrected chi connectivity index (χ4v) is 4.60. The Hall–Kier alpha value is -1.83. The van der Waals surface area contributed by atoms with Crippen molar-refractivity contribution in [3.8, 4) is 11.4 Å². The molecule has 2 fully saturated rings. The first-order valence-corrected chi connectivity index (χ1v) is 11.0. The average Bonchev–Trinajstić information content (AvgIpc) is 3.34. The zero-order valence-electron chi connectivity index (χ0n) is 16.7. The van der Waals surface area contributed by atoms with Gasteiger partial charge in [0.1, 0.15) is 5.82 Å². The van der Waals surface area contributed by atoms with Gasteiger partial charge in [0.2, 0.25) is 5.91 Å². The first kappa shape index (κ1) is 19.5. The van der Waals surface area contributed by atoms with Gasteiger partial charge < -0.3 is 14.2 Å². The quantitative estimate of drug-likeness (QED) is 0.723. The molecule has 0 saturated carbocycles. The van der Waals surface area contributed by atoms with Crippen molar-refractivity contribution in [1.29, 1.82) is 0 Å². The molecule has 2 aliphatic heterocycles. The fourth-order valence-electron chi connectivity index (χ4n) is 4.19. The first-order valence-electron chi connectivity index (χ1n) is 9.78. The molecule has 1 amide bonds. The number of amides is 1. The maximum absolute atomic E-state index is 12.0. The Bertz CT molecular complexity index is 820. The van der Waals surface area contributed by atoms with E-state index >= 15 is 0 Å². The molecule has 3 heterocycles. The highest BCUT2D eigenvalue weighted by molar-refractivity contribution is 7.98. The van der Waals surface area contributed by atoms with E-state index in [1.165, 1.54) is 4.90 Å². The predicted octanol–water partition coefficient (Wildman–Crippen LogP) is 2.76. The zero-order chi connectivity index (χ0) is 19.7. The van der Waals surface area contributed by atoms with Crippen molar-refractivity contribution in [2.75, 3.05) is 40.0 Å². The normalized spacial score (nSPS) is 24.9. The van der Waals surface area contributed by atoms with Gasteiger partial charge in [-0.15, -0.1) is 11.8 Å². The van der Waals surface area contributed by atoms with Gasteiger partial charge in [0.15, 0.2) is 0 Å². The van der Waals surface area contributed by atoms with Crippen LogP contribution in [0.25, 0.3) is 11.4 Å². The molecule has 0 spiro atoms. The topological polar surface area (TPSA) is 50.6 Å². The third-order valence-corrected chi connectivity index (χ3v) is 6.52. The fraction of sp³-hybridized carbons (Fsp3) is 0.524. The van der Waals surface area contributed by atoms with Gasteiger partial charge in [0.05, 0.1) is 19.1 Å². The van der Waals surface area contributed by atoms with Crippen LogP contribution in [0.4, 0.5) is 0 Å². The molecule has 6 nitrogen and oxygen atoms in total. The Kier molecular flexibility index (Phi) is 5.75. The summed E-state index contributed by atoms with van der Waals surface area (Å²) in [5, 5.41) is 0. The number of fused-ring (bicyclic) bond motifs is 1. The number of hydrogen-bond donors (Lipinski definition) is 0. The highest BCUT2D eigenvalue weighted by Crippen LogP contribution is 2.34. The molecule has 0 aliphatic carbocycles. The second-order valence-electron chi connectivity index (χ2n) is 7.83. The van der Waals surface area contributed by atoms with Crippen LogP contribution in [0.5, 0.6) is 0 Å². The van der Waals surface area contributed by atoms with E-state index in [2.05, 4.69) is 51.2 Å². The number of benzene rings is 1. The Morgan fingerprint density at radius 1 is 1.25 bits per heavy atom. The summed E-state index contributed by atoms with van der Waals surface area (Å²) < 4.78 is 8.31. The van der Waals surface area contributed by atoms with E-state index in [0.29, 0.717) is 25.1 Å². The molecule has 3 atom stereocenters. The molecule has 2 aromatic rings. The van der Waals surface area contributed by atoms with E-state index in [0.717, 1.165) is 30.9 Å². The minimum absolute atomic E-state index is 0.00811. The second-order valence-corrected chi connectivity index (χ2v) is 8.71. The molecule has 0 radical (unpaired) electrons. The summed E-state index contributed by atoms with van der Waals surface area (Å²) in [4.78, 5) is 22.0. The van der Waals surface area contributed by atoms with E-state index < -0.39 is 0 Å². The molecule has 0 bridgehead atoms. The number of carbonyl (C=O) groups excluding carboxylic acids is 1. The molecule has 150 valence electrons. The molecule has 1 aromatic carbocycles. The van der Waals surface area contributed by atoms with Crippen LogP contribution in [0.3, 0.4) is 0 Å². The van der Waals surface area contributed by atoms with Crippen molar-refractivity contribution < 1.29 is 9.53 Å². The third-order valence-electron chi connectivity index (χ3n) is 5.78. The monoisotopic (exact) mass is 400 g/mol. The number of imidazole rings is 1. The van der Waals surface area contributed by atoms with Gasteiger partial charge in [-0.25, -0.2) is 4.98 Å². The van der Waals surface area contributed by atoms with Crippen molar-refractivity contribution in [2.24, 2.45) is 0 Å². The average molecular weight is 401 g/mol. The number of hydrogen-bond acceptors (Lipinski definition) is 5.